The Kier molecular flexibility index (Phi) is 3.97. The van der Waals surface area contributed by atoms with E-state index in [9.17, 15) is 10.0 Å². The summed E-state index contributed by atoms with van der Waals surface area (Å²) in [4.78, 5) is 4.07. The van der Waals surface area contributed by atoms with Crippen molar-refractivity contribution in [3.05, 3.63) is 53.7 Å². The van der Waals surface area contributed by atoms with Crippen LogP contribution in [0.5, 0.6) is 5.88 Å². The highest BCUT2D eigenvalue weighted by molar-refractivity contribution is 6.59. The zero-order valence-electron chi connectivity index (χ0n) is 10.1. The Morgan fingerprint density at radius 2 is 1.94 bits per heavy atom. The first-order valence-corrected chi connectivity index (χ1v) is 5.66. The monoisotopic (exact) mass is 243 g/mol. The molecule has 18 heavy (non-hydrogen) atoms. The molecule has 1 aromatic heterocycles. The number of pyridine rings is 1. The molecule has 0 saturated heterocycles. The van der Waals surface area contributed by atoms with Crippen LogP contribution in [0.15, 0.2) is 42.6 Å². The van der Waals surface area contributed by atoms with Gasteiger partial charge in [0.05, 0.1) is 0 Å². The van der Waals surface area contributed by atoms with E-state index in [1.807, 2.05) is 37.3 Å². The van der Waals surface area contributed by atoms with Crippen LogP contribution in [-0.4, -0.2) is 22.2 Å². The maximum absolute atomic E-state index is 9.26. The topological polar surface area (TPSA) is 62.6 Å². The third-order valence-electron chi connectivity index (χ3n) is 2.51. The van der Waals surface area contributed by atoms with Gasteiger partial charge < -0.3 is 14.8 Å². The highest BCUT2D eigenvalue weighted by Crippen LogP contribution is 2.08. The van der Waals surface area contributed by atoms with E-state index in [1.54, 1.807) is 12.3 Å². The molecular weight excluding hydrogens is 229 g/mol. The van der Waals surface area contributed by atoms with Gasteiger partial charge in [0.2, 0.25) is 5.88 Å². The van der Waals surface area contributed by atoms with Crippen LogP contribution in [-0.2, 0) is 6.61 Å². The smallest absolute Gasteiger partial charge is 0.473 e. The number of ether oxygens (including phenoxy) is 1. The lowest BCUT2D eigenvalue weighted by Gasteiger charge is -2.10. The van der Waals surface area contributed by atoms with Gasteiger partial charge in [-0.25, -0.2) is 4.98 Å². The van der Waals surface area contributed by atoms with Crippen LogP contribution in [0.1, 0.15) is 11.1 Å². The van der Waals surface area contributed by atoms with E-state index in [-0.39, 0.29) is 11.3 Å². The summed E-state index contributed by atoms with van der Waals surface area (Å²) in [6.07, 6.45) is 1.63. The van der Waals surface area contributed by atoms with E-state index in [4.69, 9.17) is 4.74 Å². The number of nitrogens with zero attached hydrogens (tertiary/aromatic N) is 1. The van der Waals surface area contributed by atoms with E-state index in [0.29, 0.717) is 6.61 Å². The van der Waals surface area contributed by atoms with Crippen molar-refractivity contribution in [2.45, 2.75) is 13.5 Å². The minimum Gasteiger partial charge on any atom is -0.473 e. The van der Waals surface area contributed by atoms with Gasteiger partial charge >= 0.3 is 7.12 Å². The molecule has 0 aliphatic heterocycles. The second-order valence-corrected chi connectivity index (χ2v) is 4.05. The fourth-order valence-electron chi connectivity index (χ4n) is 1.61. The quantitative estimate of drug-likeness (QED) is 0.774. The molecule has 0 bridgehead atoms. The van der Waals surface area contributed by atoms with Crippen molar-refractivity contribution < 1.29 is 14.8 Å². The lowest BCUT2D eigenvalue weighted by molar-refractivity contribution is 0.294. The van der Waals surface area contributed by atoms with Gasteiger partial charge in [-0.15, -0.1) is 0 Å². The normalized spacial score (nSPS) is 10.2. The van der Waals surface area contributed by atoms with Crippen molar-refractivity contribution in [1.29, 1.82) is 0 Å². The summed E-state index contributed by atoms with van der Waals surface area (Å²) >= 11 is 0. The SMILES string of the molecule is Cc1cnc(OCc2ccccc2)c(B(O)O)c1. The number of aromatic nitrogens is 1. The van der Waals surface area contributed by atoms with Gasteiger partial charge in [-0.3, -0.25) is 0 Å². The molecule has 0 aliphatic carbocycles. The second kappa shape index (κ2) is 5.66. The Morgan fingerprint density at radius 1 is 1.22 bits per heavy atom. The Morgan fingerprint density at radius 3 is 2.61 bits per heavy atom. The van der Waals surface area contributed by atoms with E-state index >= 15 is 0 Å². The predicted molar refractivity (Wildman–Crippen MR) is 69.6 cm³/mol. The second-order valence-electron chi connectivity index (χ2n) is 4.05. The molecule has 0 fully saturated rings. The number of rotatable bonds is 4. The number of hydrogen-bond acceptors (Lipinski definition) is 4. The third kappa shape index (κ3) is 3.09. The molecule has 2 N–H and O–H groups in total. The first-order valence-electron chi connectivity index (χ1n) is 5.66. The van der Waals surface area contributed by atoms with Gasteiger partial charge in [-0.05, 0) is 18.1 Å². The van der Waals surface area contributed by atoms with Crippen LogP contribution in [0, 0.1) is 6.92 Å². The molecule has 2 rings (SSSR count). The van der Waals surface area contributed by atoms with Crippen molar-refractivity contribution >= 4 is 12.6 Å². The lowest BCUT2D eigenvalue weighted by Crippen LogP contribution is -2.32. The van der Waals surface area contributed by atoms with Crippen LogP contribution in [0.3, 0.4) is 0 Å². The molecule has 2 aromatic rings. The maximum atomic E-state index is 9.26. The Bertz CT molecular complexity index is 517. The summed E-state index contributed by atoms with van der Waals surface area (Å²) in [5, 5.41) is 18.5. The molecule has 0 amide bonds. The molecule has 0 radical (unpaired) electrons. The Hall–Kier alpha value is -1.85. The van der Waals surface area contributed by atoms with E-state index in [2.05, 4.69) is 4.98 Å². The summed E-state index contributed by atoms with van der Waals surface area (Å²) in [6, 6.07) is 11.3. The van der Waals surface area contributed by atoms with Crippen LogP contribution in [0.25, 0.3) is 0 Å². The van der Waals surface area contributed by atoms with E-state index in [1.165, 1.54) is 0 Å². The summed E-state index contributed by atoms with van der Waals surface area (Å²) in [7, 11) is -1.58. The van der Waals surface area contributed by atoms with Gasteiger partial charge in [0.25, 0.3) is 0 Å². The van der Waals surface area contributed by atoms with Crippen LogP contribution in [0.4, 0.5) is 0 Å². The van der Waals surface area contributed by atoms with Gasteiger partial charge in [0.1, 0.15) is 6.61 Å². The van der Waals surface area contributed by atoms with Gasteiger partial charge in [0, 0.05) is 11.7 Å². The molecule has 0 saturated carbocycles. The predicted octanol–water partition coefficient (Wildman–Crippen LogP) is 0.649. The van der Waals surface area contributed by atoms with Crippen LogP contribution in [0.2, 0.25) is 0 Å². The molecule has 0 atom stereocenters. The van der Waals surface area contributed by atoms with Crippen molar-refractivity contribution in [2.75, 3.05) is 0 Å². The van der Waals surface area contributed by atoms with Crippen LogP contribution >= 0.6 is 0 Å². The first kappa shape index (κ1) is 12.6. The number of benzene rings is 1. The minimum absolute atomic E-state index is 0.249. The molecule has 1 aromatic carbocycles. The van der Waals surface area contributed by atoms with Gasteiger partial charge in [-0.2, -0.15) is 0 Å². The average molecular weight is 243 g/mol. The molecular formula is C13H14BNO3. The minimum atomic E-state index is -1.58. The van der Waals surface area contributed by atoms with E-state index < -0.39 is 7.12 Å². The highest BCUT2D eigenvalue weighted by atomic mass is 16.5. The standard InChI is InChI=1S/C13H14BNO3/c1-10-7-12(14(16)17)13(15-8-10)18-9-11-5-3-2-4-6-11/h2-8,16-17H,9H2,1H3. The van der Waals surface area contributed by atoms with Crippen molar-refractivity contribution in [3.63, 3.8) is 0 Å². The van der Waals surface area contributed by atoms with Crippen molar-refractivity contribution in [2.24, 2.45) is 0 Å². The molecule has 5 heteroatoms. The van der Waals surface area contributed by atoms with Gasteiger partial charge in [0.15, 0.2) is 0 Å². The maximum Gasteiger partial charge on any atom is 0.494 e. The number of aryl methyl sites for hydroxylation is 1. The fourth-order valence-corrected chi connectivity index (χ4v) is 1.61. The largest absolute Gasteiger partial charge is 0.494 e. The fraction of sp³-hybridized carbons (Fsp3) is 0.154. The van der Waals surface area contributed by atoms with E-state index in [0.717, 1.165) is 11.1 Å². The first-order chi connectivity index (χ1) is 8.66. The summed E-state index contributed by atoms with van der Waals surface area (Å²) in [5.41, 5.74) is 2.13. The average Bonchev–Trinajstić information content (AvgIpc) is 2.38. The molecule has 1 heterocycles. The highest BCUT2D eigenvalue weighted by Gasteiger charge is 2.18. The molecule has 4 nitrogen and oxygen atoms in total. The lowest BCUT2D eigenvalue weighted by atomic mass is 9.80. The Balaban J connectivity index is 2.14. The molecule has 92 valence electrons. The van der Waals surface area contributed by atoms with Crippen molar-refractivity contribution in [3.8, 4) is 5.88 Å². The third-order valence-corrected chi connectivity index (χ3v) is 2.51. The summed E-state index contributed by atoms with van der Waals surface area (Å²) in [5.74, 6) is 0.249. The molecule has 0 aliphatic rings. The van der Waals surface area contributed by atoms with Crippen LogP contribution < -0.4 is 10.2 Å². The number of hydrogen-bond donors (Lipinski definition) is 2. The Labute approximate surface area is 106 Å². The van der Waals surface area contributed by atoms with Crippen molar-refractivity contribution in [1.82, 2.24) is 4.98 Å². The molecule has 0 unspecified atom stereocenters. The van der Waals surface area contributed by atoms with Gasteiger partial charge in [-0.1, -0.05) is 36.4 Å². The summed E-state index contributed by atoms with van der Waals surface area (Å²) < 4.78 is 5.51. The zero-order chi connectivity index (χ0) is 13.0. The summed E-state index contributed by atoms with van der Waals surface area (Å²) in [6.45, 7) is 2.18. The molecule has 0 spiro atoms. The zero-order valence-corrected chi connectivity index (χ0v) is 10.1.